The molecule has 0 N–H and O–H groups in total. The van der Waals surface area contributed by atoms with Crippen molar-refractivity contribution in [1.82, 2.24) is 0 Å². The topological polar surface area (TPSA) is 27.7 Å². The molecule has 1 aromatic carbocycles. The largest absolute Gasteiger partial charge is 0.489 e. The Kier molecular flexibility index (Phi) is 4.56. The number of ether oxygens (including phenoxy) is 3. The summed E-state index contributed by atoms with van der Waals surface area (Å²) in [5.41, 5.74) is 1.98. The third kappa shape index (κ3) is 3.22. The minimum absolute atomic E-state index is 0.335. The van der Waals surface area contributed by atoms with E-state index in [1.54, 1.807) is 0 Å². The fraction of sp³-hybridized carbons (Fsp3) is 0.333. The predicted molar refractivity (Wildman–Crippen MR) is 69.8 cm³/mol. The molecule has 0 radical (unpaired) electrons. The average molecular weight is 246 g/mol. The van der Waals surface area contributed by atoms with E-state index in [9.17, 15) is 0 Å². The van der Waals surface area contributed by atoms with E-state index >= 15 is 0 Å². The maximum atomic E-state index is 5.67. The van der Waals surface area contributed by atoms with Crippen LogP contribution in [0.15, 0.2) is 54.3 Å². The smallest absolute Gasteiger partial charge is 0.187 e. The van der Waals surface area contributed by atoms with Gasteiger partial charge in [-0.25, -0.2) is 0 Å². The van der Waals surface area contributed by atoms with Crippen molar-refractivity contribution < 1.29 is 14.2 Å². The summed E-state index contributed by atoms with van der Waals surface area (Å²) in [6, 6.07) is 9.99. The highest BCUT2D eigenvalue weighted by molar-refractivity contribution is 5.26. The first-order chi connectivity index (χ1) is 8.81. The molecule has 0 spiro atoms. The van der Waals surface area contributed by atoms with Crippen LogP contribution >= 0.6 is 0 Å². The molecule has 2 rings (SSSR count). The van der Waals surface area contributed by atoms with Crippen molar-refractivity contribution in [3.8, 4) is 0 Å². The molecular weight excluding hydrogens is 228 g/mol. The Balaban J connectivity index is 1.90. The molecule has 96 valence electrons. The van der Waals surface area contributed by atoms with E-state index < -0.39 is 0 Å². The zero-order chi connectivity index (χ0) is 12.8. The predicted octanol–water partition coefficient (Wildman–Crippen LogP) is 3.04. The van der Waals surface area contributed by atoms with Crippen LogP contribution in [0.5, 0.6) is 0 Å². The van der Waals surface area contributed by atoms with Crippen LogP contribution in [0.25, 0.3) is 0 Å². The third-order valence-corrected chi connectivity index (χ3v) is 2.76. The van der Waals surface area contributed by atoms with E-state index in [1.165, 1.54) is 0 Å². The highest BCUT2D eigenvalue weighted by atomic mass is 16.7. The summed E-state index contributed by atoms with van der Waals surface area (Å²) >= 11 is 0. The molecule has 1 aliphatic heterocycles. The maximum Gasteiger partial charge on any atom is 0.187 e. The molecule has 0 unspecified atom stereocenters. The van der Waals surface area contributed by atoms with Crippen LogP contribution in [0.4, 0.5) is 0 Å². The molecule has 0 atom stereocenters. The molecule has 1 aromatic rings. The lowest BCUT2D eigenvalue weighted by Gasteiger charge is -2.16. The van der Waals surface area contributed by atoms with E-state index in [4.69, 9.17) is 14.2 Å². The van der Waals surface area contributed by atoms with Gasteiger partial charge in [0.15, 0.2) is 6.29 Å². The first-order valence-electron chi connectivity index (χ1n) is 6.06. The Hall–Kier alpha value is -1.58. The number of allylic oxidation sites excluding steroid dienone is 1. The second-order valence-corrected chi connectivity index (χ2v) is 4.01. The monoisotopic (exact) mass is 246 g/mol. The first kappa shape index (κ1) is 12.9. The van der Waals surface area contributed by atoms with Crippen LogP contribution in [-0.4, -0.2) is 19.5 Å². The molecule has 3 nitrogen and oxygen atoms in total. The van der Waals surface area contributed by atoms with Crippen LogP contribution in [0, 0.1) is 0 Å². The summed E-state index contributed by atoms with van der Waals surface area (Å²) in [5.74, 6) is 0.605. The lowest BCUT2D eigenvalue weighted by atomic mass is 10.2. The molecule has 0 aliphatic carbocycles. The molecule has 1 saturated heterocycles. The molecule has 18 heavy (non-hydrogen) atoms. The number of benzene rings is 1. The van der Waals surface area contributed by atoms with Crippen molar-refractivity contribution in [3.63, 3.8) is 0 Å². The Bertz CT molecular complexity index is 417. The Morgan fingerprint density at radius 1 is 1.33 bits per heavy atom. The fourth-order valence-corrected chi connectivity index (χ4v) is 1.79. The lowest BCUT2D eigenvalue weighted by Crippen LogP contribution is -2.14. The van der Waals surface area contributed by atoms with Crippen molar-refractivity contribution in [3.05, 3.63) is 59.9 Å². The van der Waals surface area contributed by atoms with E-state index in [2.05, 4.69) is 6.58 Å². The van der Waals surface area contributed by atoms with Gasteiger partial charge in [0.1, 0.15) is 12.4 Å². The Morgan fingerprint density at radius 3 is 2.61 bits per heavy atom. The van der Waals surface area contributed by atoms with Crippen LogP contribution in [-0.2, 0) is 20.8 Å². The third-order valence-electron chi connectivity index (χ3n) is 2.76. The zero-order valence-corrected chi connectivity index (χ0v) is 10.6. The molecule has 0 bridgehead atoms. The van der Waals surface area contributed by atoms with Crippen molar-refractivity contribution in [2.75, 3.05) is 13.2 Å². The van der Waals surface area contributed by atoms with Gasteiger partial charge in [0.25, 0.3) is 0 Å². The van der Waals surface area contributed by atoms with Gasteiger partial charge >= 0.3 is 0 Å². The van der Waals surface area contributed by atoms with Crippen LogP contribution in [0.2, 0.25) is 0 Å². The van der Waals surface area contributed by atoms with Crippen molar-refractivity contribution in [1.29, 1.82) is 0 Å². The van der Waals surface area contributed by atoms with Gasteiger partial charge in [0.2, 0.25) is 0 Å². The molecule has 0 aromatic heterocycles. The molecule has 1 fully saturated rings. The Labute approximate surface area is 108 Å². The van der Waals surface area contributed by atoms with E-state index in [1.807, 2.05) is 43.3 Å². The highest BCUT2D eigenvalue weighted by Crippen LogP contribution is 2.22. The highest BCUT2D eigenvalue weighted by Gasteiger charge is 2.23. The quantitative estimate of drug-likeness (QED) is 0.590. The standard InChI is InChI=1S/C15H18O3/c1-3-14(15-16-9-10-17-15)12(2)18-11-13-7-5-4-6-8-13/h3-8,15H,2,9-11H2,1H3/b14-3+. The van der Waals surface area contributed by atoms with Crippen LogP contribution in [0.1, 0.15) is 12.5 Å². The van der Waals surface area contributed by atoms with Gasteiger partial charge < -0.3 is 14.2 Å². The van der Waals surface area contributed by atoms with Crippen LogP contribution < -0.4 is 0 Å². The maximum absolute atomic E-state index is 5.67. The SMILES string of the molecule is C=C(OCc1ccccc1)/C(=C\C)C1OCCO1. The minimum Gasteiger partial charge on any atom is -0.489 e. The number of hydrogen-bond acceptors (Lipinski definition) is 3. The van der Waals surface area contributed by atoms with Crippen molar-refractivity contribution in [2.24, 2.45) is 0 Å². The minimum atomic E-state index is -0.335. The zero-order valence-electron chi connectivity index (χ0n) is 10.6. The van der Waals surface area contributed by atoms with E-state index in [-0.39, 0.29) is 6.29 Å². The summed E-state index contributed by atoms with van der Waals surface area (Å²) in [5, 5.41) is 0. The van der Waals surface area contributed by atoms with Gasteiger partial charge in [0.05, 0.1) is 13.2 Å². The van der Waals surface area contributed by atoms with Crippen molar-refractivity contribution in [2.45, 2.75) is 19.8 Å². The molecule has 1 aliphatic rings. The molecule has 0 saturated carbocycles. The van der Waals surface area contributed by atoms with Crippen molar-refractivity contribution >= 4 is 0 Å². The van der Waals surface area contributed by atoms with E-state index in [0.29, 0.717) is 25.6 Å². The summed E-state index contributed by atoms with van der Waals surface area (Å²) in [6.07, 6.45) is 1.59. The van der Waals surface area contributed by atoms with Gasteiger partial charge in [-0.1, -0.05) is 43.0 Å². The first-order valence-corrected chi connectivity index (χ1v) is 6.06. The average Bonchev–Trinajstić information content (AvgIpc) is 2.92. The molecule has 0 amide bonds. The van der Waals surface area contributed by atoms with Gasteiger partial charge in [-0.05, 0) is 12.5 Å². The fourth-order valence-electron chi connectivity index (χ4n) is 1.79. The van der Waals surface area contributed by atoms with Crippen LogP contribution in [0.3, 0.4) is 0 Å². The molecular formula is C15H18O3. The summed E-state index contributed by atoms with van der Waals surface area (Å²) in [6.45, 7) is 7.60. The van der Waals surface area contributed by atoms with E-state index in [0.717, 1.165) is 11.1 Å². The summed E-state index contributed by atoms with van der Waals surface area (Å²) in [4.78, 5) is 0. The summed E-state index contributed by atoms with van der Waals surface area (Å²) in [7, 11) is 0. The number of rotatable bonds is 5. The van der Waals surface area contributed by atoms with Gasteiger partial charge in [-0.2, -0.15) is 0 Å². The second kappa shape index (κ2) is 6.38. The molecule has 1 heterocycles. The van der Waals surface area contributed by atoms with Gasteiger partial charge in [-0.3, -0.25) is 0 Å². The molecule has 3 heteroatoms. The Morgan fingerprint density at radius 2 is 2.00 bits per heavy atom. The van der Waals surface area contributed by atoms with Gasteiger partial charge in [-0.15, -0.1) is 0 Å². The van der Waals surface area contributed by atoms with Gasteiger partial charge in [0, 0.05) is 5.57 Å². The second-order valence-electron chi connectivity index (χ2n) is 4.01. The normalized spacial score (nSPS) is 16.8. The lowest BCUT2D eigenvalue weighted by molar-refractivity contribution is -0.0152. The summed E-state index contributed by atoms with van der Waals surface area (Å²) < 4.78 is 16.6. The number of hydrogen-bond donors (Lipinski definition) is 0.